The summed E-state index contributed by atoms with van der Waals surface area (Å²) in [5.74, 6) is 0. The molecule has 0 amide bonds. The molecule has 3 aromatic carbocycles. The van der Waals surface area contributed by atoms with Crippen LogP contribution in [0.5, 0.6) is 0 Å². The molecular weight excluding hydrogens is 402 g/mol. The van der Waals surface area contributed by atoms with Crippen molar-refractivity contribution in [2.75, 3.05) is 0 Å². The van der Waals surface area contributed by atoms with Gasteiger partial charge in [-0.2, -0.15) is 0 Å². The number of aromatic nitrogens is 1. The third-order valence-electron chi connectivity index (χ3n) is 7.32. The number of para-hydroxylation sites is 1. The summed E-state index contributed by atoms with van der Waals surface area (Å²) in [7, 11) is 2.06. The summed E-state index contributed by atoms with van der Waals surface area (Å²) in [6, 6.07) is 23.0. The van der Waals surface area contributed by atoms with Gasteiger partial charge in [-0.3, -0.25) is 0 Å². The van der Waals surface area contributed by atoms with Crippen molar-refractivity contribution in [3.05, 3.63) is 89.6 Å². The number of nitrogens with zero attached hydrogens (tertiary/aromatic N) is 1. The van der Waals surface area contributed by atoms with Crippen molar-refractivity contribution < 1.29 is 11.7 Å². The maximum absolute atomic E-state index is 8.92. The quantitative estimate of drug-likeness (QED) is 0.261. The average Bonchev–Trinajstić information content (AvgIpc) is 3.21. The third-order valence-corrected chi connectivity index (χ3v) is 7.32. The number of fused-ring (bicyclic) bond motifs is 4. The van der Waals surface area contributed by atoms with Gasteiger partial charge in [0.2, 0.25) is 5.69 Å². The predicted molar refractivity (Wildman–Crippen MR) is 136 cm³/mol. The minimum absolute atomic E-state index is 0.0644. The molecule has 33 heavy (non-hydrogen) atoms. The van der Waals surface area contributed by atoms with Gasteiger partial charge in [0.15, 0.2) is 6.20 Å². The minimum Gasteiger partial charge on any atom is -0.454 e. The first-order valence-corrected chi connectivity index (χ1v) is 11.7. The Morgan fingerprint density at radius 3 is 2.52 bits per heavy atom. The fourth-order valence-corrected chi connectivity index (χ4v) is 5.44. The standard InChI is InChI=1S/C31H30NO/c1-20-16-17-25-24-12-7-11-23(21-10-8-14-26-22(21)13-9-18-31(26,2)3)29(24)33-30(25)28(20)27-15-5-6-19-32(27)4/h5-8,10-12,14-17,19H,9,13,18H2,1-4H3/q+1/i13D2. The van der Waals surface area contributed by atoms with Gasteiger partial charge in [0.25, 0.3) is 0 Å². The van der Waals surface area contributed by atoms with Gasteiger partial charge >= 0.3 is 0 Å². The largest absolute Gasteiger partial charge is 0.454 e. The summed E-state index contributed by atoms with van der Waals surface area (Å²) >= 11 is 0. The summed E-state index contributed by atoms with van der Waals surface area (Å²) in [6.07, 6.45) is 2.03. The van der Waals surface area contributed by atoms with Crippen LogP contribution in [0.2, 0.25) is 0 Å². The van der Waals surface area contributed by atoms with Crippen LogP contribution in [0.25, 0.3) is 44.3 Å². The van der Waals surface area contributed by atoms with Crippen LogP contribution in [-0.2, 0) is 18.8 Å². The van der Waals surface area contributed by atoms with Gasteiger partial charge in [-0.05, 0) is 59.9 Å². The molecule has 0 aliphatic heterocycles. The smallest absolute Gasteiger partial charge is 0.216 e. The first-order valence-electron chi connectivity index (χ1n) is 12.7. The van der Waals surface area contributed by atoms with Crippen molar-refractivity contribution in [1.82, 2.24) is 0 Å². The second-order valence-electron chi connectivity index (χ2n) is 9.90. The molecule has 2 heterocycles. The van der Waals surface area contributed by atoms with Gasteiger partial charge in [0, 0.05) is 31.2 Å². The summed E-state index contributed by atoms with van der Waals surface area (Å²) in [5, 5.41) is 2.14. The zero-order valence-corrected chi connectivity index (χ0v) is 19.7. The average molecular weight is 435 g/mol. The van der Waals surface area contributed by atoms with Crippen molar-refractivity contribution in [2.24, 2.45) is 7.05 Å². The van der Waals surface area contributed by atoms with Gasteiger partial charge in [0.1, 0.15) is 18.2 Å². The number of aryl methyl sites for hydroxylation is 2. The Morgan fingerprint density at radius 2 is 1.67 bits per heavy atom. The highest BCUT2D eigenvalue weighted by Gasteiger charge is 2.29. The number of rotatable bonds is 2. The van der Waals surface area contributed by atoms with Crippen molar-refractivity contribution in [3.63, 3.8) is 0 Å². The van der Waals surface area contributed by atoms with Crippen molar-refractivity contribution in [1.29, 1.82) is 0 Å². The molecule has 1 aliphatic rings. The maximum atomic E-state index is 8.92. The van der Waals surface area contributed by atoms with Crippen LogP contribution in [0, 0.1) is 6.92 Å². The van der Waals surface area contributed by atoms with E-state index in [0.717, 1.165) is 67.4 Å². The molecule has 164 valence electrons. The zero-order valence-electron chi connectivity index (χ0n) is 21.7. The van der Waals surface area contributed by atoms with E-state index < -0.39 is 6.37 Å². The Morgan fingerprint density at radius 1 is 0.879 bits per heavy atom. The second kappa shape index (κ2) is 7.31. The highest BCUT2D eigenvalue weighted by Crippen LogP contribution is 2.44. The fourth-order valence-electron chi connectivity index (χ4n) is 5.44. The van der Waals surface area contributed by atoms with Crippen LogP contribution in [0.4, 0.5) is 0 Å². The van der Waals surface area contributed by atoms with Crippen molar-refractivity contribution in [3.8, 4) is 22.4 Å². The first kappa shape index (κ1) is 18.1. The highest BCUT2D eigenvalue weighted by molar-refractivity contribution is 6.13. The molecule has 2 nitrogen and oxygen atoms in total. The fraction of sp³-hybridized carbons (Fsp3) is 0.258. The molecule has 1 aliphatic carbocycles. The molecule has 5 aromatic rings. The van der Waals surface area contributed by atoms with Crippen LogP contribution in [-0.4, -0.2) is 0 Å². The molecule has 0 bridgehead atoms. The van der Waals surface area contributed by atoms with Crippen molar-refractivity contribution >= 4 is 21.9 Å². The van der Waals surface area contributed by atoms with E-state index in [-0.39, 0.29) is 5.41 Å². The summed E-state index contributed by atoms with van der Waals surface area (Å²) in [6.45, 7) is 6.57. The molecule has 0 saturated heterocycles. The number of benzene rings is 3. The first-order chi connectivity index (χ1) is 16.7. The minimum atomic E-state index is -1.38. The number of pyridine rings is 1. The van der Waals surface area contributed by atoms with E-state index in [1.165, 1.54) is 0 Å². The molecule has 0 N–H and O–H groups in total. The number of hydrogen-bond acceptors (Lipinski definition) is 1. The Kier molecular flexibility index (Phi) is 4.01. The molecule has 2 heteroatoms. The van der Waals surface area contributed by atoms with Crippen LogP contribution < -0.4 is 4.57 Å². The van der Waals surface area contributed by atoms with E-state index >= 15 is 0 Å². The SMILES string of the molecule is [2H]C1([2H])CCC(C)(C)c2cccc(-c3cccc4c3oc3c(-c5cccc[n+]5C)c(C)ccc34)c21. The molecule has 0 saturated carbocycles. The van der Waals surface area contributed by atoms with E-state index in [1.807, 2.05) is 6.07 Å². The molecule has 0 radical (unpaired) electrons. The van der Waals surface area contributed by atoms with E-state index in [0.29, 0.717) is 6.42 Å². The molecule has 0 spiro atoms. The lowest BCUT2D eigenvalue weighted by Crippen LogP contribution is -2.30. The van der Waals surface area contributed by atoms with Crippen LogP contribution >= 0.6 is 0 Å². The third kappa shape index (κ3) is 3.04. The van der Waals surface area contributed by atoms with E-state index in [9.17, 15) is 0 Å². The molecule has 0 fully saturated rings. The lowest BCUT2D eigenvalue weighted by atomic mass is 9.71. The molecule has 2 aromatic heterocycles. The van der Waals surface area contributed by atoms with Gasteiger partial charge in [-0.25, -0.2) is 4.57 Å². The van der Waals surface area contributed by atoms with Crippen LogP contribution in [0.1, 0.15) is 46.1 Å². The van der Waals surface area contributed by atoms with Crippen LogP contribution in [0.15, 0.2) is 77.3 Å². The Bertz CT molecular complexity index is 1630. The Hall–Kier alpha value is -3.39. The predicted octanol–water partition coefficient (Wildman–Crippen LogP) is 7.67. The summed E-state index contributed by atoms with van der Waals surface area (Å²) in [4.78, 5) is 0. The van der Waals surface area contributed by atoms with Gasteiger partial charge in [0.05, 0.1) is 5.56 Å². The number of hydrogen-bond donors (Lipinski definition) is 0. The van der Waals surface area contributed by atoms with Crippen LogP contribution in [0.3, 0.4) is 0 Å². The topological polar surface area (TPSA) is 17.0 Å². The lowest BCUT2D eigenvalue weighted by molar-refractivity contribution is -0.660. The second-order valence-corrected chi connectivity index (χ2v) is 9.90. The zero-order chi connectivity index (χ0) is 24.5. The monoisotopic (exact) mass is 434 g/mol. The van der Waals surface area contributed by atoms with E-state index in [2.05, 4.69) is 99.2 Å². The van der Waals surface area contributed by atoms with Crippen molar-refractivity contribution in [2.45, 2.75) is 45.4 Å². The summed E-state index contributed by atoms with van der Waals surface area (Å²) < 4.78 is 26.7. The molecule has 0 atom stereocenters. The maximum Gasteiger partial charge on any atom is 0.216 e. The van der Waals surface area contributed by atoms with Gasteiger partial charge < -0.3 is 4.42 Å². The highest BCUT2D eigenvalue weighted by atomic mass is 16.3. The Balaban J connectivity index is 1.69. The van der Waals surface area contributed by atoms with Gasteiger partial charge in [-0.15, -0.1) is 0 Å². The van der Waals surface area contributed by atoms with E-state index in [4.69, 9.17) is 7.16 Å². The van der Waals surface area contributed by atoms with Gasteiger partial charge in [-0.1, -0.05) is 62.4 Å². The molecule has 0 unspecified atom stereocenters. The summed E-state index contributed by atoms with van der Waals surface area (Å²) in [5.41, 5.74) is 8.81. The molecular formula is C31H30NO+. The van der Waals surface area contributed by atoms with E-state index in [1.54, 1.807) is 0 Å². The molecule has 6 rings (SSSR count). The number of furan rings is 1. The lowest BCUT2D eigenvalue weighted by Gasteiger charge is -2.33. The normalized spacial score (nSPS) is 17.6. The Labute approximate surface area is 198 Å².